The molecule has 0 amide bonds. The second kappa shape index (κ2) is 8.06. The summed E-state index contributed by atoms with van der Waals surface area (Å²) in [5.41, 5.74) is 4.80. The Kier molecular flexibility index (Phi) is 5.17. The van der Waals surface area contributed by atoms with E-state index in [0.717, 1.165) is 27.3 Å². The molecule has 0 aliphatic heterocycles. The smallest absolute Gasteiger partial charge is 0.308 e. The number of thiazole rings is 1. The van der Waals surface area contributed by atoms with Crippen LogP contribution >= 0.6 is 11.3 Å². The summed E-state index contributed by atoms with van der Waals surface area (Å²) in [6.07, 6.45) is -0.0517. The van der Waals surface area contributed by atoms with E-state index in [2.05, 4.69) is 22.4 Å². The molecule has 4 aromatic rings. The number of nitrogens with one attached hydrogen (secondary N) is 1. The van der Waals surface area contributed by atoms with Gasteiger partial charge in [-0.1, -0.05) is 72.8 Å². The lowest BCUT2D eigenvalue weighted by Gasteiger charge is -2.04. The predicted molar refractivity (Wildman–Crippen MR) is 114 cm³/mol. The third kappa shape index (κ3) is 4.10. The first-order valence-corrected chi connectivity index (χ1v) is 9.70. The van der Waals surface area contributed by atoms with Crippen LogP contribution in [0.2, 0.25) is 0 Å². The van der Waals surface area contributed by atoms with Crippen molar-refractivity contribution < 1.29 is 9.90 Å². The van der Waals surface area contributed by atoms with Crippen molar-refractivity contribution in [2.45, 2.75) is 6.42 Å². The first-order chi connectivity index (χ1) is 13.7. The minimum atomic E-state index is -0.864. The molecule has 0 atom stereocenters. The van der Waals surface area contributed by atoms with E-state index >= 15 is 0 Å². The van der Waals surface area contributed by atoms with Gasteiger partial charge in [-0.15, -0.1) is 11.3 Å². The predicted octanol–water partition coefficient (Wildman–Crippen LogP) is 5.85. The SMILES string of the molecule is O=C(O)Cc1sc(Nc2ccccc2)nc1-c1ccc(-c2ccccc2)cc1. The summed E-state index contributed by atoms with van der Waals surface area (Å²) in [7, 11) is 0. The fourth-order valence-electron chi connectivity index (χ4n) is 2.98. The van der Waals surface area contributed by atoms with E-state index in [0.29, 0.717) is 10.8 Å². The van der Waals surface area contributed by atoms with Crippen LogP contribution in [-0.2, 0) is 11.2 Å². The maximum absolute atomic E-state index is 11.3. The van der Waals surface area contributed by atoms with Crippen LogP contribution in [0, 0.1) is 0 Å². The number of carboxylic acid groups (broad SMARTS) is 1. The summed E-state index contributed by atoms with van der Waals surface area (Å²) < 4.78 is 0. The van der Waals surface area contributed by atoms with Crippen LogP contribution in [0.25, 0.3) is 22.4 Å². The van der Waals surface area contributed by atoms with E-state index in [4.69, 9.17) is 0 Å². The topological polar surface area (TPSA) is 62.2 Å². The molecule has 0 bridgehead atoms. The number of rotatable bonds is 6. The van der Waals surface area contributed by atoms with Crippen LogP contribution in [0.3, 0.4) is 0 Å². The van der Waals surface area contributed by atoms with Crippen LogP contribution in [0.15, 0.2) is 84.9 Å². The summed E-state index contributed by atoms with van der Waals surface area (Å²) in [5, 5.41) is 13.2. The molecule has 0 spiro atoms. The lowest BCUT2D eigenvalue weighted by atomic mass is 10.0. The van der Waals surface area contributed by atoms with E-state index in [1.54, 1.807) is 0 Å². The summed E-state index contributed by atoms with van der Waals surface area (Å²) in [6.45, 7) is 0. The number of carboxylic acids is 1. The number of anilines is 2. The van der Waals surface area contributed by atoms with Crippen molar-refractivity contribution >= 4 is 28.1 Å². The van der Waals surface area contributed by atoms with Gasteiger partial charge in [-0.05, 0) is 23.3 Å². The first-order valence-electron chi connectivity index (χ1n) is 8.88. The second-order valence-electron chi connectivity index (χ2n) is 6.30. The summed E-state index contributed by atoms with van der Waals surface area (Å²) in [6, 6.07) is 27.9. The molecule has 0 saturated heterocycles. The van der Waals surface area contributed by atoms with Gasteiger partial charge in [0.1, 0.15) is 0 Å². The van der Waals surface area contributed by atoms with Crippen molar-refractivity contribution in [2.75, 3.05) is 5.32 Å². The highest BCUT2D eigenvalue weighted by Gasteiger charge is 2.16. The molecule has 2 N–H and O–H groups in total. The average Bonchev–Trinajstić information content (AvgIpc) is 3.11. The van der Waals surface area contributed by atoms with E-state index in [1.165, 1.54) is 11.3 Å². The molecule has 1 aromatic heterocycles. The van der Waals surface area contributed by atoms with E-state index in [9.17, 15) is 9.90 Å². The molecule has 28 heavy (non-hydrogen) atoms. The molecule has 0 unspecified atom stereocenters. The van der Waals surface area contributed by atoms with Crippen LogP contribution in [-0.4, -0.2) is 16.1 Å². The fourth-order valence-corrected chi connectivity index (χ4v) is 3.98. The molecule has 4 rings (SSSR count). The molecule has 0 aliphatic rings. The van der Waals surface area contributed by atoms with Crippen molar-refractivity contribution in [1.82, 2.24) is 4.98 Å². The van der Waals surface area contributed by atoms with Gasteiger partial charge in [0.2, 0.25) is 0 Å². The first kappa shape index (κ1) is 17.9. The number of benzene rings is 3. The maximum Gasteiger partial charge on any atom is 0.308 e. The molecule has 5 heteroatoms. The van der Waals surface area contributed by atoms with Gasteiger partial charge in [0.25, 0.3) is 0 Å². The lowest BCUT2D eigenvalue weighted by molar-refractivity contribution is -0.136. The zero-order valence-corrected chi connectivity index (χ0v) is 15.8. The molecular formula is C23H18N2O2S. The molecule has 0 saturated carbocycles. The molecular weight excluding hydrogens is 368 g/mol. The number of nitrogens with zero attached hydrogens (tertiary/aromatic N) is 1. The Bertz CT molecular complexity index is 1070. The molecule has 1 heterocycles. The Morgan fingerprint density at radius 3 is 2.04 bits per heavy atom. The quantitative estimate of drug-likeness (QED) is 0.436. The van der Waals surface area contributed by atoms with Crippen LogP contribution in [0.1, 0.15) is 4.88 Å². The van der Waals surface area contributed by atoms with Gasteiger partial charge in [0.15, 0.2) is 5.13 Å². The van der Waals surface area contributed by atoms with Gasteiger partial charge in [0, 0.05) is 16.1 Å². The summed E-state index contributed by atoms with van der Waals surface area (Å²) in [4.78, 5) is 16.7. The highest BCUT2D eigenvalue weighted by atomic mass is 32.1. The average molecular weight is 386 g/mol. The molecule has 0 radical (unpaired) electrons. The molecule has 138 valence electrons. The minimum Gasteiger partial charge on any atom is -0.481 e. The van der Waals surface area contributed by atoms with Gasteiger partial charge in [-0.3, -0.25) is 4.79 Å². The Morgan fingerprint density at radius 2 is 1.39 bits per heavy atom. The Balaban J connectivity index is 1.66. The van der Waals surface area contributed by atoms with Crippen molar-refractivity contribution in [3.05, 3.63) is 89.8 Å². The number of hydrogen-bond acceptors (Lipinski definition) is 4. The molecule has 0 aliphatic carbocycles. The summed E-state index contributed by atoms with van der Waals surface area (Å²) >= 11 is 1.38. The van der Waals surface area contributed by atoms with Crippen LogP contribution < -0.4 is 5.32 Å². The molecule has 4 nitrogen and oxygen atoms in total. The monoisotopic (exact) mass is 386 g/mol. The van der Waals surface area contributed by atoms with Gasteiger partial charge < -0.3 is 10.4 Å². The van der Waals surface area contributed by atoms with Crippen molar-refractivity contribution in [3.63, 3.8) is 0 Å². The largest absolute Gasteiger partial charge is 0.481 e. The van der Waals surface area contributed by atoms with Gasteiger partial charge >= 0.3 is 5.97 Å². The van der Waals surface area contributed by atoms with Gasteiger partial charge in [0.05, 0.1) is 12.1 Å². The van der Waals surface area contributed by atoms with Crippen molar-refractivity contribution in [1.29, 1.82) is 0 Å². The fraction of sp³-hybridized carbons (Fsp3) is 0.0435. The number of aromatic nitrogens is 1. The van der Waals surface area contributed by atoms with E-state index in [-0.39, 0.29) is 6.42 Å². The zero-order chi connectivity index (χ0) is 19.3. The lowest BCUT2D eigenvalue weighted by Crippen LogP contribution is -1.99. The standard InChI is InChI=1S/C23H18N2O2S/c26-21(27)15-20-22(25-23(28-20)24-19-9-5-2-6-10-19)18-13-11-17(12-14-18)16-7-3-1-4-8-16/h1-14H,15H2,(H,24,25)(H,26,27). The second-order valence-corrected chi connectivity index (χ2v) is 7.38. The zero-order valence-electron chi connectivity index (χ0n) is 15.0. The van der Waals surface area contributed by atoms with Gasteiger partial charge in [-0.25, -0.2) is 4.98 Å². The molecule has 3 aromatic carbocycles. The summed E-state index contributed by atoms with van der Waals surface area (Å²) in [5.74, 6) is -0.864. The number of para-hydroxylation sites is 1. The van der Waals surface area contributed by atoms with E-state index in [1.807, 2.05) is 72.8 Å². The Labute approximate surface area is 167 Å². The third-order valence-corrected chi connectivity index (χ3v) is 5.27. The molecule has 0 fully saturated rings. The third-order valence-electron chi connectivity index (χ3n) is 4.30. The Morgan fingerprint density at radius 1 is 0.821 bits per heavy atom. The Hall–Kier alpha value is -3.44. The van der Waals surface area contributed by atoms with Crippen LogP contribution in [0.4, 0.5) is 10.8 Å². The normalized spacial score (nSPS) is 10.6. The van der Waals surface area contributed by atoms with Crippen LogP contribution in [0.5, 0.6) is 0 Å². The highest BCUT2D eigenvalue weighted by Crippen LogP contribution is 2.34. The van der Waals surface area contributed by atoms with E-state index < -0.39 is 5.97 Å². The number of carbonyl (C=O) groups is 1. The maximum atomic E-state index is 11.3. The number of aliphatic carboxylic acids is 1. The van der Waals surface area contributed by atoms with Gasteiger partial charge in [-0.2, -0.15) is 0 Å². The minimum absolute atomic E-state index is 0.0517. The van der Waals surface area contributed by atoms with Crippen molar-refractivity contribution in [2.24, 2.45) is 0 Å². The van der Waals surface area contributed by atoms with Crippen molar-refractivity contribution in [3.8, 4) is 22.4 Å². The number of hydrogen-bond donors (Lipinski definition) is 2. The highest BCUT2D eigenvalue weighted by molar-refractivity contribution is 7.16.